The van der Waals surface area contributed by atoms with E-state index in [-0.39, 0.29) is 10.6 Å². The molecule has 0 radical (unpaired) electrons. The summed E-state index contributed by atoms with van der Waals surface area (Å²) in [5.74, 6) is 0.482. The van der Waals surface area contributed by atoms with Crippen molar-refractivity contribution in [1.29, 1.82) is 0 Å². The molecule has 21 heavy (non-hydrogen) atoms. The molecule has 0 aliphatic rings. The van der Waals surface area contributed by atoms with Gasteiger partial charge in [0.1, 0.15) is 0 Å². The lowest BCUT2D eigenvalue weighted by molar-refractivity contribution is -0.385. The maximum atomic E-state index is 10.8. The first kappa shape index (κ1) is 15.8. The third kappa shape index (κ3) is 4.42. The van der Waals surface area contributed by atoms with Gasteiger partial charge in [-0.25, -0.2) is 0 Å². The van der Waals surface area contributed by atoms with Crippen molar-refractivity contribution in [3.8, 4) is 0 Å². The number of rotatable bonds is 6. The Bertz CT molecular complexity index is 617. The molecule has 0 amide bonds. The normalized spacial score (nSPS) is 11.9. The minimum Gasteiger partial charge on any atom is -0.385 e. The summed E-state index contributed by atoms with van der Waals surface area (Å²) in [5, 5.41) is 14.1. The average molecular weight is 396 g/mol. The minimum absolute atomic E-state index is 0.152. The summed E-state index contributed by atoms with van der Waals surface area (Å²) in [6.07, 6.45) is 1.01. The zero-order valence-electron chi connectivity index (χ0n) is 11.8. The highest BCUT2D eigenvalue weighted by atomic mass is 127. The highest BCUT2D eigenvalue weighted by molar-refractivity contribution is 14.1. The van der Waals surface area contributed by atoms with Crippen molar-refractivity contribution in [3.05, 3.63) is 67.8 Å². The van der Waals surface area contributed by atoms with E-state index in [2.05, 4.69) is 36.5 Å². The van der Waals surface area contributed by atoms with Gasteiger partial charge in [0.05, 0.1) is 8.49 Å². The molecule has 1 unspecified atom stereocenters. The Morgan fingerprint density at radius 2 is 1.95 bits per heavy atom. The first-order chi connectivity index (χ1) is 10.1. The van der Waals surface area contributed by atoms with Crippen molar-refractivity contribution < 1.29 is 4.92 Å². The van der Waals surface area contributed by atoms with Gasteiger partial charge in [-0.05, 0) is 52.6 Å². The van der Waals surface area contributed by atoms with Crippen LogP contribution in [0.25, 0.3) is 0 Å². The number of hydrogen-bond acceptors (Lipinski definition) is 3. The molecule has 5 heteroatoms. The summed E-state index contributed by atoms with van der Waals surface area (Å²) in [6.45, 7) is 3.04. The molecule has 0 fully saturated rings. The summed E-state index contributed by atoms with van der Waals surface area (Å²) in [6, 6.07) is 15.5. The van der Waals surface area contributed by atoms with Crippen LogP contribution in [-0.2, 0) is 0 Å². The van der Waals surface area contributed by atoms with E-state index in [0.29, 0.717) is 9.49 Å². The minimum atomic E-state index is -0.358. The second-order valence-corrected chi connectivity index (χ2v) is 6.11. The van der Waals surface area contributed by atoms with E-state index in [1.807, 2.05) is 34.7 Å². The quantitative estimate of drug-likeness (QED) is 0.433. The van der Waals surface area contributed by atoms with Gasteiger partial charge >= 0.3 is 0 Å². The summed E-state index contributed by atoms with van der Waals surface area (Å²) < 4.78 is 0.652. The predicted octanol–water partition coefficient (Wildman–Crippen LogP) is 4.81. The highest BCUT2D eigenvalue weighted by Gasteiger charge is 2.11. The summed E-state index contributed by atoms with van der Waals surface area (Å²) in [5.41, 5.74) is 2.40. The monoisotopic (exact) mass is 396 g/mol. The van der Waals surface area contributed by atoms with Gasteiger partial charge in [0.25, 0.3) is 5.69 Å². The maximum absolute atomic E-state index is 10.8. The number of hydrogen-bond donors (Lipinski definition) is 1. The van der Waals surface area contributed by atoms with Crippen LogP contribution in [0.5, 0.6) is 0 Å². The Morgan fingerprint density at radius 1 is 1.24 bits per heavy atom. The van der Waals surface area contributed by atoms with Crippen LogP contribution in [-0.4, -0.2) is 11.5 Å². The number of nitro groups is 1. The fourth-order valence-corrected chi connectivity index (χ4v) is 2.86. The first-order valence-corrected chi connectivity index (χ1v) is 7.88. The molecular formula is C16H17IN2O2. The van der Waals surface area contributed by atoms with E-state index >= 15 is 0 Å². The molecule has 0 spiro atoms. The van der Waals surface area contributed by atoms with Crippen LogP contribution in [0.15, 0.2) is 48.5 Å². The molecule has 0 aliphatic carbocycles. The Balaban J connectivity index is 1.89. The fourth-order valence-electron chi connectivity index (χ4n) is 2.15. The van der Waals surface area contributed by atoms with Crippen molar-refractivity contribution in [2.24, 2.45) is 0 Å². The van der Waals surface area contributed by atoms with Gasteiger partial charge in [0.15, 0.2) is 0 Å². The smallest absolute Gasteiger partial charge is 0.282 e. The van der Waals surface area contributed by atoms with Gasteiger partial charge in [-0.3, -0.25) is 10.1 Å². The Hall–Kier alpha value is -1.63. The molecule has 0 heterocycles. The van der Waals surface area contributed by atoms with Crippen molar-refractivity contribution in [3.63, 3.8) is 0 Å². The van der Waals surface area contributed by atoms with Crippen LogP contribution in [0.1, 0.15) is 24.8 Å². The van der Waals surface area contributed by atoms with E-state index in [1.165, 1.54) is 5.56 Å². The fraction of sp³-hybridized carbons (Fsp3) is 0.250. The SMILES string of the molecule is CC(CCNc1ccc([N+](=O)[O-])c(I)c1)c1ccccc1. The number of anilines is 1. The molecule has 0 saturated heterocycles. The molecule has 110 valence electrons. The van der Waals surface area contributed by atoms with Crippen molar-refractivity contribution in [2.45, 2.75) is 19.3 Å². The van der Waals surface area contributed by atoms with Crippen LogP contribution in [0.2, 0.25) is 0 Å². The van der Waals surface area contributed by atoms with Gasteiger partial charge in [-0.1, -0.05) is 37.3 Å². The molecule has 0 bridgehead atoms. The second-order valence-electron chi connectivity index (χ2n) is 4.95. The van der Waals surface area contributed by atoms with E-state index < -0.39 is 0 Å². The molecule has 1 atom stereocenters. The van der Waals surface area contributed by atoms with E-state index in [4.69, 9.17) is 0 Å². The van der Waals surface area contributed by atoms with Gasteiger partial charge in [0.2, 0.25) is 0 Å². The summed E-state index contributed by atoms with van der Waals surface area (Å²) >= 11 is 1.99. The molecule has 1 N–H and O–H groups in total. The Morgan fingerprint density at radius 3 is 2.57 bits per heavy atom. The molecule has 4 nitrogen and oxygen atoms in total. The molecule has 2 rings (SSSR count). The lowest BCUT2D eigenvalue weighted by atomic mass is 9.98. The Labute approximate surface area is 137 Å². The number of nitro benzene ring substituents is 1. The molecule has 0 aromatic heterocycles. The molecule has 0 saturated carbocycles. The van der Waals surface area contributed by atoms with Crippen LogP contribution >= 0.6 is 22.6 Å². The zero-order valence-corrected chi connectivity index (χ0v) is 13.9. The summed E-state index contributed by atoms with van der Waals surface area (Å²) in [7, 11) is 0. The second kappa shape index (κ2) is 7.40. The predicted molar refractivity (Wildman–Crippen MR) is 93.8 cm³/mol. The first-order valence-electron chi connectivity index (χ1n) is 6.80. The third-order valence-electron chi connectivity index (χ3n) is 3.42. The lowest BCUT2D eigenvalue weighted by Crippen LogP contribution is -2.06. The van der Waals surface area contributed by atoms with Crippen molar-refractivity contribution in [1.82, 2.24) is 0 Å². The molecule has 2 aromatic carbocycles. The van der Waals surface area contributed by atoms with Crippen LogP contribution in [0.4, 0.5) is 11.4 Å². The third-order valence-corrected chi connectivity index (χ3v) is 4.28. The van der Waals surface area contributed by atoms with Crippen LogP contribution < -0.4 is 5.32 Å². The number of nitrogens with zero attached hydrogens (tertiary/aromatic N) is 1. The number of benzene rings is 2. The van der Waals surface area contributed by atoms with Crippen molar-refractivity contribution in [2.75, 3.05) is 11.9 Å². The zero-order chi connectivity index (χ0) is 15.2. The van der Waals surface area contributed by atoms with E-state index in [9.17, 15) is 10.1 Å². The van der Waals surface area contributed by atoms with Crippen molar-refractivity contribution >= 4 is 34.0 Å². The van der Waals surface area contributed by atoms with E-state index in [1.54, 1.807) is 12.1 Å². The van der Waals surface area contributed by atoms with Crippen LogP contribution in [0, 0.1) is 13.7 Å². The van der Waals surface area contributed by atoms with Gasteiger partial charge in [-0.15, -0.1) is 0 Å². The number of nitrogens with one attached hydrogen (secondary N) is 1. The average Bonchev–Trinajstić information content (AvgIpc) is 2.47. The topological polar surface area (TPSA) is 55.2 Å². The highest BCUT2D eigenvalue weighted by Crippen LogP contribution is 2.24. The maximum Gasteiger partial charge on any atom is 0.282 e. The van der Waals surface area contributed by atoms with E-state index in [0.717, 1.165) is 18.7 Å². The summed E-state index contributed by atoms with van der Waals surface area (Å²) in [4.78, 5) is 10.4. The van der Waals surface area contributed by atoms with Gasteiger partial charge < -0.3 is 5.32 Å². The molecule has 0 aliphatic heterocycles. The largest absolute Gasteiger partial charge is 0.385 e. The standard InChI is InChI=1S/C16H17IN2O2/c1-12(13-5-3-2-4-6-13)9-10-18-14-7-8-16(19(20)21)15(17)11-14/h2-8,11-12,18H,9-10H2,1H3. The van der Waals surface area contributed by atoms with Crippen LogP contribution in [0.3, 0.4) is 0 Å². The Kier molecular flexibility index (Phi) is 5.55. The molecule has 2 aromatic rings. The lowest BCUT2D eigenvalue weighted by Gasteiger charge is -2.13. The number of halogens is 1. The van der Waals surface area contributed by atoms with Gasteiger partial charge in [0, 0.05) is 18.3 Å². The van der Waals surface area contributed by atoms with Gasteiger partial charge in [-0.2, -0.15) is 0 Å². The molecular weight excluding hydrogens is 379 g/mol.